The minimum Gasteiger partial charge on any atom is -0.481 e. The number of amides is 14. The van der Waals surface area contributed by atoms with E-state index >= 15 is 14.4 Å². The highest BCUT2D eigenvalue weighted by Crippen LogP contribution is 2.25. The molecule has 14 amide bonds. The van der Waals surface area contributed by atoms with Gasteiger partial charge in [0.15, 0.2) is 15.8 Å². The molecule has 2 aliphatic heterocycles. The van der Waals surface area contributed by atoms with Gasteiger partial charge in [-0.2, -0.15) is 0 Å². The number of imidazole rings is 1. The lowest BCUT2D eigenvalue weighted by Gasteiger charge is -2.31. The normalized spacial score (nSPS) is 19.2. The van der Waals surface area contributed by atoms with E-state index in [1.807, 2.05) is 6.07 Å². The van der Waals surface area contributed by atoms with Crippen molar-refractivity contribution < 1.29 is 110 Å². The van der Waals surface area contributed by atoms with Gasteiger partial charge in [-0.1, -0.05) is 165 Å². The van der Waals surface area contributed by atoms with Crippen LogP contribution < -0.4 is 81.0 Å². The largest absolute Gasteiger partial charge is 0.481 e. The van der Waals surface area contributed by atoms with E-state index in [1.54, 1.807) is 61.7 Å². The lowest BCUT2D eigenvalue weighted by Crippen LogP contribution is -2.61. The lowest BCUT2D eigenvalue weighted by molar-refractivity contribution is -0.143. The third kappa shape index (κ3) is 41.1. The van der Waals surface area contributed by atoms with Crippen LogP contribution in [0.3, 0.4) is 0 Å². The fraction of sp³-hybridized carbons (Fsp3) is 0.620. The van der Waals surface area contributed by atoms with Crippen molar-refractivity contribution in [1.29, 1.82) is 5.41 Å². The molecule has 0 unspecified atom stereocenters. The van der Waals surface area contributed by atoms with Crippen LogP contribution in [0.15, 0.2) is 73.3 Å². The lowest BCUT2D eigenvalue weighted by atomic mass is 10.00. The Morgan fingerprint density at radius 2 is 1.11 bits per heavy atom. The van der Waals surface area contributed by atoms with Crippen molar-refractivity contribution in [2.24, 2.45) is 17.2 Å². The predicted octanol–water partition coefficient (Wildman–Crippen LogP) is -0.174. The van der Waals surface area contributed by atoms with E-state index in [1.165, 1.54) is 57.5 Å². The number of hydrogen-bond donors (Lipinski definition) is 22. The summed E-state index contributed by atoms with van der Waals surface area (Å²) in [6.45, 7) is 1.05. The summed E-state index contributed by atoms with van der Waals surface area (Å²) in [5, 5.41) is 81.0. The Hall–Kier alpha value is -12.3. The summed E-state index contributed by atoms with van der Waals surface area (Å²) in [5.74, 6) is -18.7. The Morgan fingerprint density at radius 3 is 1.72 bits per heavy atom. The summed E-state index contributed by atoms with van der Waals surface area (Å²) < 4.78 is 25.9. The smallest absolute Gasteiger partial charge is 0.303 e. The zero-order valence-electron chi connectivity index (χ0n) is 77.7. The van der Waals surface area contributed by atoms with Gasteiger partial charge in [0.05, 0.1) is 37.1 Å². The predicted molar refractivity (Wildman–Crippen MR) is 500 cm³/mol. The quantitative estimate of drug-likeness (QED) is 0.0155. The van der Waals surface area contributed by atoms with Crippen molar-refractivity contribution in [3.63, 3.8) is 0 Å². The second kappa shape index (κ2) is 60.2. The van der Waals surface area contributed by atoms with Gasteiger partial charge in [-0.15, -0.1) is 0 Å². The summed E-state index contributed by atoms with van der Waals surface area (Å²) in [4.78, 5) is 249. The number of ketones is 2. The molecule has 2 fully saturated rings. The van der Waals surface area contributed by atoms with E-state index in [0.29, 0.717) is 41.3 Å². The summed E-state index contributed by atoms with van der Waals surface area (Å²) in [7, 11) is -3.97. The van der Waals surface area contributed by atoms with Crippen LogP contribution in [0, 0.1) is 5.41 Å². The fourth-order valence-corrected chi connectivity index (χ4v) is 17.4. The van der Waals surface area contributed by atoms with Crippen molar-refractivity contribution in [1.82, 2.24) is 83.7 Å². The summed E-state index contributed by atoms with van der Waals surface area (Å²) in [6, 6.07) is -4.43. The number of nitrogens with zero attached hydrogens (tertiary/aromatic N) is 2. The van der Waals surface area contributed by atoms with Crippen LogP contribution in [0.1, 0.15) is 243 Å². The topological polar surface area (TPSA) is 699 Å². The molecule has 2 aromatic carbocycles. The molecule has 6 rings (SSSR count). The number of rotatable bonds is 55. The molecule has 0 radical (unpaired) electrons. The molecule has 44 heteroatoms. The van der Waals surface area contributed by atoms with Crippen molar-refractivity contribution in [3.05, 3.63) is 90.1 Å². The van der Waals surface area contributed by atoms with E-state index in [4.69, 9.17) is 22.6 Å². The van der Waals surface area contributed by atoms with E-state index in [2.05, 4.69) is 85.7 Å². The molecule has 25 N–H and O–H groups in total. The van der Waals surface area contributed by atoms with Gasteiger partial charge in [0.2, 0.25) is 82.7 Å². The first-order valence-corrected chi connectivity index (χ1v) is 49.1. The molecule has 136 heavy (non-hydrogen) atoms. The van der Waals surface area contributed by atoms with Crippen LogP contribution in [0.5, 0.6) is 0 Å². The molecule has 2 aliphatic rings. The molecular weight excluding hydrogens is 1790 g/mol. The molecule has 0 saturated carbocycles. The number of aliphatic carboxylic acids is 1. The second-order valence-corrected chi connectivity index (χ2v) is 37.1. The first-order chi connectivity index (χ1) is 65.0. The Labute approximate surface area is 791 Å². The van der Waals surface area contributed by atoms with Gasteiger partial charge < -0.3 is 116 Å². The SMILES string of the molecule is CCCCCCCCCCCCCCCC(=O)CS(=O)(=O)CCCC(=O)N[C@@H](CCC(=O)O)C(=O)N[C@@H](CO)C(=O)N[C@@H](CCC(N)=O)C(=O)N[C@@H](Cc1c[nH]cn1)C(=O)N[C@@H](CO)C(=O)N[C@@H](CCCC)C(=O)N[C@H]1CCC(=O)CCCCC[C@@H](C(N)=O)NC(=O)[C@H](Cc2c[nH]c3ccccc23)NC(=O)[C@H](CCCNC(=N)N)NC(=O)[C@@H](Cc2ccccc2)NC(=O)[C@@H]2C[C@@H](O)CN2C1=O. The van der Waals surface area contributed by atoms with Gasteiger partial charge in [-0.05, 0) is 81.4 Å². The molecule has 43 nitrogen and oxygen atoms in total. The zero-order valence-corrected chi connectivity index (χ0v) is 78.5. The van der Waals surface area contributed by atoms with Crippen molar-refractivity contribution >= 4 is 127 Å². The van der Waals surface area contributed by atoms with Gasteiger partial charge in [0.25, 0.3) is 0 Å². The number of guanidine groups is 1. The van der Waals surface area contributed by atoms with E-state index in [0.717, 1.165) is 37.0 Å². The first-order valence-electron chi connectivity index (χ1n) is 47.2. The third-order valence-corrected chi connectivity index (χ3v) is 25.4. The number of primary amides is 2. The van der Waals surface area contributed by atoms with E-state index < -0.39 is 284 Å². The third-order valence-electron chi connectivity index (χ3n) is 23.7. The summed E-state index contributed by atoms with van der Waals surface area (Å²) >= 11 is 0. The molecule has 13 atom stereocenters. The number of Topliss-reactive ketones (excluding diaryl/α,β-unsaturated/α-hetero) is 2. The number of carboxylic acids is 1. The molecule has 0 aliphatic carbocycles. The Balaban J connectivity index is 1.17. The highest BCUT2D eigenvalue weighted by Gasteiger charge is 2.45. The number of para-hydroxylation sites is 1. The zero-order chi connectivity index (χ0) is 99.7. The second-order valence-electron chi connectivity index (χ2n) is 34.9. The van der Waals surface area contributed by atoms with Crippen LogP contribution in [0.25, 0.3) is 10.9 Å². The molecule has 2 aromatic heterocycles. The number of nitrogens with two attached hydrogens (primary N) is 3. The maximum absolute atomic E-state index is 15.4. The monoisotopic (exact) mass is 1930 g/mol. The number of sulfone groups is 1. The molecule has 2 saturated heterocycles. The van der Waals surface area contributed by atoms with E-state index in [-0.39, 0.29) is 89.3 Å². The Kier molecular flexibility index (Phi) is 49.8. The average Bonchev–Trinajstić information content (AvgIpc) is 1.65. The molecule has 752 valence electrons. The van der Waals surface area contributed by atoms with Gasteiger partial charge in [-0.25, -0.2) is 13.4 Å². The van der Waals surface area contributed by atoms with E-state index in [9.17, 15) is 96.0 Å². The van der Waals surface area contributed by atoms with Crippen molar-refractivity contribution in [2.75, 3.05) is 37.8 Å². The number of fused-ring (bicyclic) bond motifs is 2. The summed E-state index contributed by atoms with van der Waals surface area (Å²) in [5.41, 5.74) is 18.9. The first kappa shape index (κ1) is 112. The van der Waals surface area contributed by atoms with Gasteiger partial charge in [0, 0.05) is 101 Å². The van der Waals surface area contributed by atoms with Gasteiger partial charge >= 0.3 is 5.97 Å². The maximum Gasteiger partial charge on any atom is 0.303 e. The highest BCUT2D eigenvalue weighted by molar-refractivity contribution is 7.92. The van der Waals surface area contributed by atoms with Crippen LogP contribution in [-0.4, -0.2) is 271 Å². The molecule has 0 bridgehead atoms. The van der Waals surface area contributed by atoms with Crippen LogP contribution in [0.2, 0.25) is 0 Å². The number of aliphatic hydroxyl groups is 3. The number of unbranched alkanes of at least 4 members (excludes halogenated alkanes) is 13. The number of benzene rings is 2. The molecule has 0 spiro atoms. The Morgan fingerprint density at radius 1 is 0.559 bits per heavy atom. The molecular formula is C92H140N20O23S. The van der Waals surface area contributed by atoms with Crippen molar-refractivity contribution in [3.8, 4) is 0 Å². The van der Waals surface area contributed by atoms with Gasteiger partial charge in [-0.3, -0.25) is 86.9 Å². The number of carboxylic acid groups (broad SMARTS) is 1. The maximum atomic E-state index is 15.4. The highest BCUT2D eigenvalue weighted by atomic mass is 32.2. The fourth-order valence-electron chi connectivity index (χ4n) is 16.1. The molecule has 4 heterocycles. The molecule has 4 aromatic rings. The van der Waals surface area contributed by atoms with Gasteiger partial charge in [0.1, 0.15) is 89.8 Å². The van der Waals surface area contributed by atoms with Crippen LogP contribution in [0.4, 0.5) is 0 Å². The number of aromatic nitrogens is 3. The number of hydrogen-bond acceptors (Lipinski definition) is 24. The van der Waals surface area contributed by atoms with Crippen LogP contribution >= 0.6 is 0 Å². The van der Waals surface area contributed by atoms with Crippen LogP contribution in [-0.2, 0) is 111 Å². The standard InChI is InChI=1S/C92H140N20O23S/c1-3-5-7-8-9-10-11-12-13-14-15-16-21-31-61(116)55-136(134,135)45-27-37-78(119)101-68(41-43-79(120)121)83(125)110-74(53-113)89(131)105-69(40-42-77(93)118)84(126)108-73(48-59-51-97-56-100-59)87(129)111-75(54-114)88(130)104-66(33-6-4-2)81(123)106-70-39-38-60(115)30-22-18-23-35-65(80(94)122)102-86(128)72(47-58-50-99-64-34-25-24-32-63(58)64)107-82(124)67(36-26-44-98-92(95)96)103-85(127)71(46-57-28-19-17-20-29-57)109-90(132)76-49-62(117)52-112(76)91(70)133/h17,19-20,24-25,28-29,32,34,50-51,56,62,65-76,99,113-114,117H,3-16,18,21-23,26-27,30-31,33,35-49,52-55H2,1-2H3,(H2,93,118)(H2,94,122)(H,97,100)(H,101,119)(H,102,128)(H,103,127)(H,104,130)(H,105,131)(H,106,123)(H,107,124)(H,108,126)(H,109,132)(H,110,125)(H,111,129)(H,120,121)(H4,95,96,98)/t62-,65+,66+,67+,68+,69+,70+,71-,72+,73+,74+,75+,76+/m1/s1. The number of aromatic amines is 2. The number of carbonyl (C=O) groups excluding carboxylic acids is 16. The Bertz CT molecular complexity index is 4730. The minimum atomic E-state index is -3.97. The number of aliphatic hydroxyl groups excluding tert-OH is 3. The summed E-state index contributed by atoms with van der Waals surface area (Å²) in [6.07, 6.45) is 12.5. The number of H-pyrrole nitrogens is 2. The number of carbonyl (C=O) groups is 17. The number of nitrogens with one attached hydrogen (secondary N) is 15. The van der Waals surface area contributed by atoms with Crippen molar-refractivity contribution in [2.45, 2.75) is 324 Å². The average molecular weight is 1930 g/mol. The minimum absolute atomic E-state index is 0.0197.